The predicted molar refractivity (Wildman–Crippen MR) is 61.3 cm³/mol. The fraction of sp³-hybridized carbons (Fsp3) is 0.333. The summed E-state index contributed by atoms with van der Waals surface area (Å²) in [6, 6.07) is 0.812. The first-order valence-corrected chi connectivity index (χ1v) is 5.22. The third-order valence-electron chi connectivity index (χ3n) is 2.42. The van der Waals surface area contributed by atoms with Crippen LogP contribution in [0, 0.1) is 0 Å². The van der Waals surface area contributed by atoms with Gasteiger partial charge < -0.3 is 11.1 Å². The van der Waals surface area contributed by atoms with E-state index in [0.29, 0.717) is 5.82 Å². The van der Waals surface area contributed by atoms with Gasteiger partial charge in [-0.1, -0.05) is 11.6 Å². The van der Waals surface area contributed by atoms with E-state index in [1.807, 2.05) is 0 Å². The van der Waals surface area contributed by atoms with E-state index in [1.165, 1.54) is 13.1 Å². The van der Waals surface area contributed by atoms with Gasteiger partial charge in [0, 0.05) is 13.1 Å². The van der Waals surface area contributed by atoms with Crippen molar-refractivity contribution < 1.29 is 9.59 Å². The van der Waals surface area contributed by atoms with Crippen LogP contribution in [-0.2, 0) is 9.59 Å². The van der Waals surface area contributed by atoms with Crippen molar-refractivity contribution in [2.75, 3.05) is 18.1 Å². The van der Waals surface area contributed by atoms with Crippen molar-refractivity contribution in [1.29, 1.82) is 0 Å². The highest BCUT2D eigenvalue weighted by atomic mass is 35.5. The molecule has 1 aliphatic rings. The number of aromatic nitrogens is 2. The molecule has 1 atom stereocenters. The van der Waals surface area contributed by atoms with E-state index < -0.39 is 6.04 Å². The van der Waals surface area contributed by atoms with Gasteiger partial charge in [0.25, 0.3) is 5.91 Å². The Bertz CT molecular complexity index is 472. The van der Waals surface area contributed by atoms with E-state index in [4.69, 9.17) is 17.3 Å². The zero-order valence-corrected chi connectivity index (χ0v) is 9.73. The highest BCUT2D eigenvalue weighted by Gasteiger charge is 2.36. The van der Waals surface area contributed by atoms with Crippen molar-refractivity contribution in [3.63, 3.8) is 0 Å². The average molecular weight is 256 g/mol. The number of nitrogens with zero attached hydrogens (tertiary/aromatic N) is 3. The topological polar surface area (TPSA) is 101 Å². The van der Waals surface area contributed by atoms with Crippen molar-refractivity contribution in [1.82, 2.24) is 14.9 Å². The summed E-state index contributed by atoms with van der Waals surface area (Å²) in [5, 5.41) is 2.98. The molecule has 0 aromatic carbocycles. The lowest BCUT2D eigenvalue weighted by atomic mass is 10.2. The molecule has 17 heavy (non-hydrogen) atoms. The summed E-state index contributed by atoms with van der Waals surface area (Å²) in [4.78, 5) is 31.6. The van der Waals surface area contributed by atoms with Gasteiger partial charge in [-0.2, -0.15) is 4.98 Å². The van der Waals surface area contributed by atoms with E-state index in [1.54, 1.807) is 0 Å². The molecular weight excluding hydrogens is 246 g/mol. The third kappa shape index (κ3) is 2.28. The monoisotopic (exact) mass is 255 g/mol. The second-order valence-corrected chi connectivity index (χ2v) is 4.01. The number of imide groups is 1. The van der Waals surface area contributed by atoms with Crippen LogP contribution in [0.5, 0.6) is 0 Å². The first-order valence-electron chi connectivity index (χ1n) is 4.84. The number of rotatable bonds is 2. The molecule has 2 amide bonds. The smallest absolute Gasteiger partial charge is 0.251 e. The normalized spacial score (nSPS) is 19.9. The molecule has 1 aliphatic heterocycles. The number of halogens is 1. The Kier molecular flexibility index (Phi) is 2.84. The Balaban J connectivity index is 2.16. The molecular formula is C9H10ClN5O2. The summed E-state index contributed by atoms with van der Waals surface area (Å²) < 4.78 is 0. The molecule has 0 unspecified atom stereocenters. The molecule has 90 valence electrons. The summed E-state index contributed by atoms with van der Waals surface area (Å²) in [7, 11) is 1.44. The summed E-state index contributed by atoms with van der Waals surface area (Å²) in [5.74, 6) is -0.210. The van der Waals surface area contributed by atoms with E-state index in [0.717, 1.165) is 4.90 Å². The summed E-state index contributed by atoms with van der Waals surface area (Å²) >= 11 is 5.70. The van der Waals surface area contributed by atoms with Gasteiger partial charge in [0.05, 0.1) is 6.42 Å². The zero-order valence-electron chi connectivity index (χ0n) is 8.98. The molecule has 3 N–H and O–H groups in total. The van der Waals surface area contributed by atoms with Crippen LogP contribution in [-0.4, -0.2) is 39.8 Å². The molecule has 0 spiro atoms. The van der Waals surface area contributed by atoms with Crippen molar-refractivity contribution >= 4 is 35.2 Å². The first-order chi connectivity index (χ1) is 7.97. The Morgan fingerprint density at radius 1 is 1.53 bits per heavy atom. The predicted octanol–water partition coefficient (Wildman–Crippen LogP) is -0.119. The highest BCUT2D eigenvalue weighted by Crippen LogP contribution is 2.18. The lowest BCUT2D eigenvalue weighted by Gasteiger charge is -2.11. The van der Waals surface area contributed by atoms with Crippen LogP contribution in [0.4, 0.5) is 11.8 Å². The van der Waals surface area contributed by atoms with Crippen molar-refractivity contribution in [3.8, 4) is 0 Å². The number of likely N-dealkylation sites (tertiary alicyclic amines) is 1. The third-order valence-corrected chi connectivity index (χ3v) is 2.61. The molecule has 2 heterocycles. The number of carbonyl (C=O) groups is 2. The van der Waals surface area contributed by atoms with Gasteiger partial charge in [0.1, 0.15) is 17.0 Å². The number of nitrogens with two attached hydrogens (primary N) is 1. The molecule has 2 rings (SSSR count). The second-order valence-electron chi connectivity index (χ2n) is 3.63. The van der Waals surface area contributed by atoms with Gasteiger partial charge in [-0.15, -0.1) is 0 Å². The lowest BCUT2D eigenvalue weighted by molar-refractivity contribution is -0.136. The minimum absolute atomic E-state index is 0.00475. The molecule has 0 saturated carbocycles. The molecule has 8 heteroatoms. The number of hydrogen-bond donors (Lipinski definition) is 2. The Labute approximate surface area is 102 Å². The van der Waals surface area contributed by atoms with Crippen LogP contribution in [0.25, 0.3) is 0 Å². The molecule has 0 aliphatic carbocycles. The maximum Gasteiger partial charge on any atom is 0.251 e. The minimum atomic E-state index is -0.627. The number of hydrogen-bond acceptors (Lipinski definition) is 6. The summed E-state index contributed by atoms with van der Waals surface area (Å²) in [5.41, 5.74) is 5.41. The largest absolute Gasteiger partial charge is 0.368 e. The minimum Gasteiger partial charge on any atom is -0.368 e. The number of likely N-dealkylation sites (N-methyl/N-ethyl adjacent to an activating group) is 1. The van der Waals surface area contributed by atoms with E-state index in [9.17, 15) is 9.59 Å². The number of anilines is 2. The van der Waals surface area contributed by atoms with Crippen molar-refractivity contribution in [3.05, 3.63) is 11.2 Å². The van der Waals surface area contributed by atoms with Crippen LogP contribution in [0.1, 0.15) is 6.42 Å². The number of nitrogen functional groups attached to an aromatic ring is 1. The standard InChI is InChI=1S/C9H10ClN5O2/c1-15-7(16)2-4(8(15)17)12-6-3-5(10)13-9(11)14-6/h3-4H,2H2,1H3,(H3,11,12,13,14)/t4-/m0/s1. The van der Waals surface area contributed by atoms with Crippen molar-refractivity contribution in [2.45, 2.75) is 12.5 Å². The lowest BCUT2D eigenvalue weighted by Crippen LogP contribution is -2.32. The van der Waals surface area contributed by atoms with Crippen LogP contribution < -0.4 is 11.1 Å². The maximum absolute atomic E-state index is 11.6. The molecule has 0 bridgehead atoms. The van der Waals surface area contributed by atoms with Gasteiger partial charge in [0.15, 0.2) is 0 Å². The van der Waals surface area contributed by atoms with Gasteiger partial charge in [-0.3, -0.25) is 14.5 Å². The summed E-state index contributed by atoms with van der Waals surface area (Å²) in [6.45, 7) is 0. The van der Waals surface area contributed by atoms with Gasteiger partial charge in [-0.25, -0.2) is 4.98 Å². The Hall–Kier alpha value is -1.89. The zero-order chi connectivity index (χ0) is 12.6. The molecule has 1 aromatic heterocycles. The number of nitrogens with one attached hydrogen (secondary N) is 1. The fourth-order valence-corrected chi connectivity index (χ4v) is 1.75. The second kappa shape index (κ2) is 4.17. The van der Waals surface area contributed by atoms with Crippen LogP contribution in [0.2, 0.25) is 5.15 Å². The van der Waals surface area contributed by atoms with E-state index >= 15 is 0 Å². The highest BCUT2D eigenvalue weighted by molar-refractivity contribution is 6.29. The Morgan fingerprint density at radius 2 is 2.24 bits per heavy atom. The van der Waals surface area contributed by atoms with Gasteiger partial charge in [-0.05, 0) is 0 Å². The molecule has 1 aromatic rings. The van der Waals surface area contributed by atoms with Gasteiger partial charge in [0.2, 0.25) is 11.9 Å². The average Bonchev–Trinajstić information content (AvgIpc) is 2.45. The van der Waals surface area contributed by atoms with E-state index in [2.05, 4.69) is 15.3 Å². The van der Waals surface area contributed by atoms with Crippen LogP contribution in [0.3, 0.4) is 0 Å². The molecule has 1 fully saturated rings. The Morgan fingerprint density at radius 3 is 2.76 bits per heavy atom. The SMILES string of the molecule is CN1C(=O)C[C@H](Nc2cc(Cl)nc(N)n2)C1=O. The summed E-state index contributed by atoms with van der Waals surface area (Å²) in [6.07, 6.45) is 0.0941. The maximum atomic E-state index is 11.6. The fourth-order valence-electron chi connectivity index (χ4n) is 1.56. The molecule has 1 saturated heterocycles. The van der Waals surface area contributed by atoms with E-state index in [-0.39, 0.29) is 29.3 Å². The molecule has 7 nitrogen and oxygen atoms in total. The van der Waals surface area contributed by atoms with Crippen molar-refractivity contribution in [2.24, 2.45) is 0 Å². The first kappa shape index (κ1) is 11.6. The van der Waals surface area contributed by atoms with Crippen LogP contribution >= 0.6 is 11.6 Å². The van der Waals surface area contributed by atoms with Gasteiger partial charge >= 0.3 is 0 Å². The van der Waals surface area contributed by atoms with Crippen LogP contribution in [0.15, 0.2) is 6.07 Å². The molecule has 0 radical (unpaired) electrons. The number of carbonyl (C=O) groups excluding carboxylic acids is 2. The quantitative estimate of drug-likeness (QED) is 0.564. The number of amides is 2.